The van der Waals surface area contributed by atoms with Crippen LogP contribution in [0.3, 0.4) is 0 Å². The highest BCUT2D eigenvalue weighted by Gasteiger charge is 2.32. The second-order valence-corrected chi connectivity index (χ2v) is 6.87. The minimum Gasteiger partial charge on any atom is -0.497 e. The van der Waals surface area contributed by atoms with Crippen LogP contribution in [0.15, 0.2) is 66.9 Å². The Kier molecular flexibility index (Phi) is 4.77. The Hall–Kier alpha value is -2.92. The van der Waals surface area contributed by atoms with E-state index in [0.717, 1.165) is 29.2 Å². The molecule has 2 heterocycles. The second-order valence-electron chi connectivity index (χ2n) is 6.43. The summed E-state index contributed by atoms with van der Waals surface area (Å²) in [5.41, 5.74) is 2.86. The Morgan fingerprint density at radius 3 is 2.52 bits per heavy atom. The molecule has 6 heteroatoms. The lowest BCUT2D eigenvalue weighted by Crippen LogP contribution is -2.44. The zero-order valence-electron chi connectivity index (χ0n) is 14.9. The van der Waals surface area contributed by atoms with Gasteiger partial charge in [0.15, 0.2) is 0 Å². The molecule has 0 fully saturated rings. The Labute approximate surface area is 163 Å². The van der Waals surface area contributed by atoms with Gasteiger partial charge in [0.25, 0.3) is 0 Å². The first-order chi connectivity index (χ1) is 13.2. The van der Waals surface area contributed by atoms with Gasteiger partial charge in [0.1, 0.15) is 5.75 Å². The maximum absolute atomic E-state index is 13.0. The number of hydrogen-bond acceptors (Lipinski definition) is 2. The number of nitrogens with zero attached hydrogens (tertiary/aromatic N) is 2. The number of ether oxygens (including phenoxy) is 1. The minimum atomic E-state index is -0.160. The summed E-state index contributed by atoms with van der Waals surface area (Å²) in [6, 6.07) is 18.8. The molecule has 0 saturated carbocycles. The van der Waals surface area contributed by atoms with Crippen LogP contribution >= 0.6 is 11.6 Å². The smallest absolute Gasteiger partial charge is 0.322 e. The van der Waals surface area contributed by atoms with Crippen molar-refractivity contribution < 1.29 is 9.53 Å². The summed E-state index contributed by atoms with van der Waals surface area (Å²) in [6.07, 6.45) is 2.06. The van der Waals surface area contributed by atoms with Crippen molar-refractivity contribution in [2.24, 2.45) is 0 Å². The van der Waals surface area contributed by atoms with Gasteiger partial charge in [-0.25, -0.2) is 4.79 Å². The number of amides is 2. The summed E-state index contributed by atoms with van der Waals surface area (Å²) in [5.74, 6) is 0.794. The molecule has 1 aliphatic rings. The highest BCUT2D eigenvalue weighted by Crippen LogP contribution is 2.33. The number of carbonyl (C=O) groups is 1. The molecule has 138 valence electrons. The minimum absolute atomic E-state index is 0.134. The van der Waals surface area contributed by atoms with E-state index in [4.69, 9.17) is 16.3 Å². The summed E-state index contributed by atoms with van der Waals surface area (Å²) >= 11 is 5.93. The van der Waals surface area contributed by atoms with Crippen LogP contribution in [0.2, 0.25) is 5.02 Å². The molecule has 2 aromatic carbocycles. The molecule has 0 spiro atoms. The number of hydrogen-bond donors (Lipinski definition) is 1. The van der Waals surface area contributed by atoms with E-state index < -0.39 is 0 Å². The third kappa shape index (κ3) is 3.51. The molecule has 0 saturated heterocycles. The number of rotatable bonds is 3. The Morgan fingerprint density at radius 2 is 1.81 bits per heavy atom. The van der Waals surface area contributed by atoms with Gasteiger partial charge in [0.05, 0.1) is 13.2 Å². The Morgan fingerprint density at radius 1 is 1.07 bits per heavy atom. The summed E-state index contributed by atoms with van der Waals surface area (Å²) in [4.78, 5) is 14.9. The number of nitrogens with one attached hydrogen (secondary N) is 1. The molecular formula is C21H20ClN3O2. The number of halogens is 1. The third-order valence-corrected chi connectivity index (χ3v) is 5.08. The lowest BCUT2D eigenvalue weighted by Gasteiger charge is -2.37. The van der Waals surface area contributed by atoms with Gasteiger partial charge in [0.2, 0.25) is 0 Å². The molecule has 0 bridgehead atoms. The van der Waals surface area contributed by atoms with Crippen molar-refractivity contribution in [3.8, 4) is 5.75 Å². The van der Waals surface area contributed by atoms with Crippen LogP contribution in [0.1, 0.15) is 17.3 Å². The molecule has 0 aliphatic carbocycles. The van der Waals surface area contributed by atoms with Crippen molar-refractivity contribution in [3.63, 3.8) is 0 Å². The van der Waals surface area contributed by atoms with Gasteiger partial charge in [-0.05, 0) is 54.1 Å². The summed E-state index contributed by atoms with van der Waals surface area (Å²) in [7, 11) is 1.65. The van der Waals surface area contributed by atoms with Crippen LogP contribution in [0.25, 0.3) is 0 Å². The topological polar surface area (TPSA) is 46.5 Å². The monoisotopic (exact) mass is 381 g/mol. The van der Waals surface area contributed by atoms with E-state index >= 15 is 0 Å². The molecule has 1 aliphatic heterocycles. The summed E-state index contributed by atoms with van der Waals surface area (Å²) < 4.78 is 7.46. The summed E-state index contributed by atoms with van der Waals surface area (Å²) in [6.45, 7) is 1.39. The number of anilines is 1. The van der Waals surface area contributed by atoms with Gasteiger partial charge >= 0.3 is 6.03 Å². The Bertz CT molecular complexity index is 935. The Balaban J connectivity index is 1.65. The zero-order valence-corrected chi connectivity index (χ0v) is 15.7. The number of urea groups is 1. The van der Waals surface area contributed by atoms with E-state index in [2.05, 4.69) is 22.1 Å². The SMILES string of the molecule is COc1ccc([C@H]2c3cccn3CCN2C(=O)Nc2ccc(Cl)cc2)cc1. The predicted octanol–water partition coefficient (Wildman–Crippen LogP) is 4.79. The molecule has 0 radical (unpaired) electrons. The van der Waals surface area contributed by atoms with Crippen LogP contribution in [0.5, 0.6) is 5.75 Å². The first kappa shape index (κ1) is 17.5. The molecule has 4 rings (SSSR count). The van der Waals surface area contributed by atoms with Crippen LogP contribution in [-0.2, 0) is 6.54 Å². The van der Waals surface area contributed by atoms with Gasteiger partial charge in [-0.1, -0.05) is 23.7 Å². The fourth-order valence-corrected chi connectivity index (χ4v) is 3.59. The van der Waals surface area contributed by atoms with Gasteiger partial charge in [-0.2, -0.15) is 0 Å². The van der Waals surface area contributed by atoms with E-state index in [-0.39, 0.29) is 12.1 Å². The molecule has 1 atom stereocenters. The normalized spacial score (nSPS) is 15.9. The number of fused-ring (bicyclic) bond motifs is 1. The van der Waals surface area contributed by atoms with E-state index in [1.807, 2.05) is 35.2 Å². The van der Waals surface area contributed by atoms with Crippen LogP contribution < -0.4 is 10.1 Å². The van der Waals surface area contributed by atoms with Crippen LogP contribution in [-0.4, -0.2) is 29.2 Å². The van der Waals surface area contributed by atoms with E-state index in [1.165, 1.54) is 0 Å². The largest absolute Gasteiger partial charge is 0.497 e. The van der Waals surface area contributed by atoms with Crippen LogP contribution in [0, 0.1) is 0 Å². The lowest BCUT2D eigenvalue weighted by atomic mass is 10.00. The van der Waals surface area contributed by atoms with Crippen molar-refractivity contribution in [2.45, 2.75) is 12.6 Å². The number of carbonyl (C=O) groups excluding carboxylic acids is 1. The van der Waals surface area contributed by atoms with Crippen molar-refractivity contribution in [2.75, 3.05) is 19.0 Å². The summed E-state index contributed by atoms with van der Waals surface area (Å²) in [5, 5.41) is 3.62. The standard InChI is InChI=1S/C21H20ClN3O2/c1-27-18-10-4-15(5-11-18)20-19-3-2-12-24(19)13-14-25(20)21(26)23-17-8-6-16(22)7-9-17/h2-12,20H,13-14H2,1H3,(H,23,26)/t20-/m0/s1. The van der Waals surface area contributed by atoms with E-state index in [1.54, 1.807) is 31.4 Å². The van der Waals surface area contributed by atoms with Crippen molar-refractivity contribution in [1.82, 2.24) is 9.47 Å². The van der Waals surface area contributed by atoms with Crippen molar-refractivity contribution in [3.05, 3.63) is 83.1 Å². The highest BCUT2D eigenvalue weighted by molar-refractivity contribution is 6.30. The van der Waals surface area contributed by atoms with Gasteiger partial charge < -0.3 is 19.5 Å². The number of methoxy groups -OCH3 is 1. The first-order valence-corrected chi connectivity index (χ1v) is 9.15. The average Bonchev–Trinajstić information content (AvgIpc) is 3.18. The van der Waals surface area contributed by atoms with Gasteiger partial charge in [-0.3, -0.25) is 0 Å². The quantitative estimate of drug-likeness (QED) is 0.709. The lowest BCUT2D eigenvalue weighted by molar-refractivity contribution is 0.182. The molecule has 2 amide bonds. The maximum Gasteiger partial charge on any atom is 0.322 e. The van der Waals surface area contributed by atoms with E-state index in [0.29, 0.717) is 11.6 Å². The number of aromatic nitrogens is 1. The highest BCUT2D eigenvalue weighted by atomic mass is 35.5. The van der Waals surface area contributed by atoms with Crippen molar-refractivity contribution in [1.29, 1.82) is 0 Å². The van der Waals surface area contributed by atoms with Gasteiger partial charge in [0, 0.05) is 35.7 Å². The second kappa shape index (κ2) is 7.37. The van der Waals surface area contributed by atoms with Crippen molar-refractivity contribution >= 4 is 23.3 Å². The third-order valence-electron chi connectivity index (χ3n) is 4.83. The molecule has 1 N–H and O–H groups in total. The maximum atomic E-state index is 13.0. The average molecular weight is 382 g/mol. The zero-order chi connectivity index (χ0) is 18.8. The fourth-order valence-electron chi connectivity index (χ4n) is 3.47. The fraction of sp³-hybridized carbons (Fsp3) is 0.190. The van der Waals surface area contributed by atoms with Crippen LogP contribution in [0.4, 0.5) is 10.5 Å². The van der Waals surface area contributed by atoms with Gasteiger partial charge in [-0.15, -0.1) is 0 Å². The van der Waals surface area contributed by atoms with E-state index in [9.17, 15) is 4.79 Å². The molecule has 5 nitrogen and oxygen atoms in total. The number of benzene rings is 2. The molecule has 0 unspecified atom stereocenters. The molecular weight excluding hydrogens is 362 g/mol. The molecule has 27 heavy (non-hydrogen) atoms. The first-order valence-electron chi connectivity index (χ1n) is 8.78. The predicted molar refractivity (Wildman–Crippen MR) is 106 cm³/mol. The molecule has 3 aromatic rings. The molecule has 1 aromatic heterocycles.